The fourth-order valence-electron chi connectivity index (χ4n) is 8.88. The zero-order valence-corrected chi connectivity index (χ0v) is 52.5. The molecule has 0 saturated heterocycles. The molecule has 458 valence electrons. The molecule has 0 heterocycles. The molecule has 0 spiro atoms. The standard InChI is InChI=1S/C75H122O6/c1-4-7-10-13-16-19-22-25-28-30-32-34-36-37-39-40-42-44-47-50-53-56-59-62-65-68-74(77)80-71-72(70-79-73(76)67-64-61-58-55-52-49-46-27-24-21-18-15-12-9-6-3)81-75(78)69-66-63-60-57-54-51-48-45-43-41-38-35-33-31-29-26-23-20-17-14-11-8-5-2/h7,9-10,12,16,18-19,21,23,25-28,31-34,37,39,42,44,46,52,55,72H,4-6,8,11,13-15,17,20,22,24,29-30,35-36,38,40-41,43,45,47-51,53-54,56-71H2,1-3H3/b10-7-,12-9-,19-16-,21-18-,26-23-,28-25-,33-31-,34-32-,39-37-,44-42-,46-27-,55-52-. The Morgan fingerprint density at radius 1 is 0.259 bits per heavy atom. The Bertz CT molecular complexity index is 1760. The third-order valence-electron chi connectivity index (χ3n) is 13.8. The van der Waals surface area contributed by atoms with Gasteiger partial charge in [0.15, 0.2) is 6.10 Å². The molecule has 0 aromatic rings. The van der Waals surface area contributed by atoms with Crippen LogP contribution in [0.1, 0.15) is 290 Å². The summed E-state index contributed by atoms with van der Waals surface area (Å²) >= 11 is 0. The summed E-state index contributed by atoms with van der Waals surface area (Å²) in [6, 6.07) is 0. The van der Waals surface area contributed by atoms with Gasteiger partial charge in [0.05, 0.1) is 0 Å². The van der Waals surface area contributed by atoms with Gasteiger partial charge in [-0.05, 0) is 141 Å². The topological polar surface area (TPSA) is 78.9 Å². The summed E-state index contributed by atoms with van der Waals surface area (Å²) in [5.41, 5.74) is 0. The van der Waals surface area contributed by atoms with Crippen molar-refractivity contribution in [3.8, 4) is 0 Å². The van der Waals surface area contributed by atoms with E-state index in [9.17, 15) is 14.4 Å². The van der Waals surface area contributed by atoms with Crippen LogP contribution in [0.5, 0.6) is 0 Å². The van der Waals surface area contributed by atoms with Crippen molar-refractivity contribution in [3.63, 3.8) is 0 Å². The van der Waals surface area contributed by atoms with Crippen LogP contribution in [0.3, 0.4) is 0 Å². The summed E-state index contributed by atoms with van der Waals surface area (Å²) in [4.78, 5) is 38.4. The van der Waals surface area contributed by atoms with E-state index in [1.54, 1.807) is 0 Å². The smallest absolute Gasteiger partial charge is 0.306 e. The Kier molecular flexibility index (Phi) is 63.9. The highest BCUT2D eigenvalue weighted by atomic mass is 16.6. The Hall–Kier alpha value is -4.71. The molecule has 0 aromatic heterocycles. The van der Waals surface area contributed by atoms with Gasteiger partial charge in [-0.2, -0.15) is 0 Å². The highest BCUT2D eigenvalue weighted by Crippen LogP contribution is 2.15. The van der Waals surface area contributed by atoms with Crippen molar-refractivity contribution in [2.75, 3.05) is 13.2 Å². The lowest BCUT2D eigenvalue weighted by Gasteiger charge is -2.18. The molecule has 1 unspecified atom stereocenters. The minimum Gasteiger partial charge on any atom is -0.462 e. The van der Waals surface area contributed by atoms with E-state index in [2.05, 4.69) is 167 Å². The molecule has 1 atom stereocenters. The minimum atomic E-state index is -0.811. The van der Waals surface area contributed by atoms with E-state index in [4.69, 9.17) is 14.2 Å². The first-order chi connectivity index (χ1) is 40.0. The zero-order chi connectivity index (χ0) is 58.5. The van der Waals surface area contributed by atoms with Gasteiger partial charge in [0, 0.05) is 19.3 Å². The molecule has 0 aliphatic rings. The highest BCUT2D eigenvalue weighted by Gasteiger charge is 2.19. The van der Waals surface area contributed by atoms with Crippen molar-refractivity contribution in [1.29, 1.82) is 0 Å². The molecule has 0 bridgehead atoms. The maximum atomic E-state index is 12.9. The molecule has 0 fully saturated rings. The second kappa shape index (κ2) is 67.8. The Labute approximate surface area is 499 Å². The van der Waals surface area contributed by atoms with Crippen LogP contribution >= 0.6 is 0 Å². The van der Waals surface area contributed by atoms with Crippen molar-refractivity contribution in [2.45, 2.75) is 297 Å². The van der Waals surface area contributed by atoms with Gasteiger partial charge in [0.2, 0.25) is 0 Å². The Balaban J connectivity index is 4.44. The van der Waals surface area contributed by atoms with Gasteiger partial charge in [-0.25, -0.2) is 0 Å². The number of unbranched alkanes of at least 4 members (excludes halogenated alkanes) is 24. The van der Waals surface area contributed by atoms with Crippen LogP contribution in [0, 0.1) is 0 Å². The molecule has 6 heteroatoms. The van der Waals surface area contributed by atoms with Crippen LogP contribution in [0.25, 0.3) is 0 Å². The second-order valence-electron chi connectivity index (χ2n) is 21.6. The van der Waals surface area contributed by atoms with E-state index < -0.39 is 6.10 Å². The number of allylic oxidation sites excluding steroid dienone is 24. The average molecular weight is 1120 g/mol. The first kappa shape index (κ1) is 76.3. The number of rotatable bonds is 59. The molecule has 0 N–H and O–H groups in total. The molecule has 6 nitrogen and oxygen atoms in total. The summed E-state index contributed by atoms with van der Waals surface area (Å²) in [5.74, 6) is -0.960. The first-order valence-corrected chi connectivity index (χ1v) is 33.3. The van der Waals surface area contributed by atoms with Crippen molar-refractivity contribution < 1.29 is 28.6 Å². The average Bonchev–Trinajstić information content (AvgIpc) is 3.47. The van der Waals surface area contributed by atoms with Crippen molar-refractivity contribution in [1.82, 2.24) is 0 Å². The van der Waals surface area contributed by atoms with Gasteiger partial charge in [0.1, 0.15) is 13.2 Å². The van der Waals surface area contributed by atoms with E-state index >= 15 is 0 Å². The molecular weight excluding hydrogens is 997 g/mol. The second-order valence-corrected chi connectivity index (χ2v) is 21.6. The Morgan fingerprint density at radius 3 is 0.778 bits per heavy atom. The van der Waals surface area contributed by atoms with Gasteiger partial charge in [-0.3, -0.25) is 14.4 Å². The predicted molar refractivity (Wildman–Crippen MR) is 352 cm³/mol. The van der Waals surface area contributed by atoms with E-state index in [0.717, 1.165) is 141 Å². The summed E-state index contributed by atoms with van der Waals surface area (Å²) in [6.45, 7) is 6.36. The summed E-state index contributed by atoms with van der Waals surface area (Å²) in [6.07, 6.45) is 97.1. The van der Waals surface area contributed by atoms with Crippen molar-refractivity contribution in [3.05, 3.63) is 146 Å². The van der Waals surface area contributed by atoms with Crippen LogP contribution in [0.4, 0.5) is 0 Å². The lowest BCUT2D eigenvalue weighted by molar-refractivity contribution is -0.167. The quantitative estimate of drug-likeness (QED) is 0.0261. The largest absolute Gasteiger partial charge is 0.462 e. The lowest BCUT2D eigenvalue weighted by Crippen LogP contribution is -2.30. The summed E-state index contributed by atoms with van der Waals surface area (Å²) in [5, 5.41) is 0. The van der Waals surface area contributed by atoms with Crippen molar-refractivity contribution >= 4 is 17.9 Å². The molecule has 0 amide bonds. The van der Waals surface area contributed by atoms with Crippen LogP contribution in [0.15, 0.2) is 146 Å². The van der Waals surface area contributed by atoms with E-state index in [1.807, 2.05) is 0 Å². The Morgan fingerprint density at radius 2 is 0.481 bits per heavy atom. The zero-order valence-electron chi connectivity index (χ0n) is 52.5. The number of hydrogen-bond donors (Lipinski definition) is 0. The number of ether oxygens (including phenoxy) is 3. The third kappa shape index (κ3) is 66.0. The number of esters is 3. The van der Waals surface area contributed by atoms with Crippen LogP contribution in [-0.4, -0.2) is 37.2 Å². The predicted octanol–water partition coefficient (Wildman–Crippen LogP) is 23.1. The van der Waals surface area contributed by atoms with Crippen molar-refractivity contribution in [2.24, 2.45) is 0 Å². The molecule has 0 aliphatic heterocycles. The van der Waals surface area contributed by atoms with Gasteiger partial charge >= 0.3 is 17.9 Å². The van der Waals surface area contributed by atoms with E-state index in [0.29, 0.717) is 19.3 Å². The summed E-state index contributed by atoms with van der Waals surface area (Å²) < 4.78 is 16.9. The molecule has 0 radical (unpaired) electrons. The monoisotopic (exact) mass is 1120 g/mol. The maximum absolute atomic E-state index is 12.9. The summed E-state index contributed by atoms with van der Waals surface area (Å²) in [7, 11) is 0. The van der Waals surface area contributed by atoms with Gasteiger partial charge in [-0.15, -0.1) is 0 Å². The molecule has 81 heavy (non-hydrogen) atoms. The molecule has 0 aliphatic carbocycles. The lowest BCUT2D eigenvalue weighted by atomic mass is 10.0. The molecule has 0 rings (SSSR count). The molecule has 0 aromatic carbocycles. The first-order valence-electron chi connectivity index (χ1n) is 33.3. The van der Waals surface area contributed by atoms with Crippen LogP contribution in [0.2, 0.25) is 0 Å². The number of carbonyl (C=O) groups excluding carboxylic acids is 3. The van der Waals surface area contributed by atoms with Crippen LogP contribution in [-0.2, 0) is 28.6 Å². The minimum absolute atomic E-state index is 0.105. The molecular formula is C75H122O6. The van der Waals surface area contributed by atoms with Gasteiger partial charge < -0.3 is 14.2 Å². The van der Waals surface area contributed by atoms with Gasteiger partial charge in [0.25, 0.3) is 0 Å². The van der Waals surface area contributed by atoms with Gasteiger partial charge in [-0.1, -0.05) is 276 Å². The SMILES string of the molecule is CC/C=C\C/C=C\C/C=C\C/C=C\C/C=C\C/C=C\CCCCCCCCC(=O)OCC(COC(=O)CCCC/C=C\C/C=C\C/C=C\C/C=C\CC)OC(=O)CCCCCCCCCCCCC/C=C\C/C=C\CCCCCCC. The fraction of sp³-hybridized carbons (Fsp3) is 0.640. The normalized spacial score (nSPS) is 13.1. The van der Waals surface area contributed by atoms with E-state index in [-0.39, 0.29) is 31.1 Å². The number of carbonyl (C=O) groups is 3. The number of hydrogen-bond acceptors (Lipinski definition) is 6. The fourth-order valence-corrected chi connectivity index (χ4v) is 8.88. The highest BCUT2D eigenvalue weighted by molar-refractivity contribution is 5.71. The molecule has 0 saturated carbocycles. The third-order valence-corrected chi connectivity index (χ3v) is 13.8. The van der Waals surface area contributed by atoms with E-state index in [1.165, 1.54) is 109 Å². The maximum Gasteiger partial charge on any atom is 0.306 e. The van der Waals surface area contributed by atoms with Crippen LogP contribution < -0.4 is 0 Å².